The van der Waals surface area contributed by atoms with E-state index >= 15 is 0 Å². The van der Waals surface area contributed by atoms with Gasteiger partial charge in [-0.25, -0.2) is 0 Å². The van der Waals surface area contributed by atoms with Crippen molar-refractivity contribution < 1.29 is 0 Å². The van der Waals surface area contributed by atoms with Gasteiger partial charge in [-0.2, -0.15) is 10.2 Å². The predicted molar refractivity (Wildman–Crippen MR) is 86.7 cm³/mol. The Morgan fingerprint density at radius 2 is 1.05 bits per heavy atom. The molecule has 0 unspecified atom stereocenters. The van der Waals surface area contributed by atoms with Gasteiger partial charge < -0.3 is 11.5 Å². The summed E-state index contributed by atoms with van der Waals surface area (Å²) < 4.78 is 0. The van der Waals surface area contributed by atoms with Gasteiger partial charge in [0.05, 0.1) is 11.4 Å². The van der Waals surface area contributed by atoms with Crippen molar-refractivity contribution >= 4 is 22.7 Å². The highest BCUT2D eigenvalue weighted by molar-refractivity contribution is 5.56. The Bertz CT molecular complexity index is 550. The minimum atomic E-state index is 0.761. The molecule has 20 heavy (non-hydrogen) atoms. The highest BCUT2D eigenvalue weighted by Gasteiger charge is 1.97. The number of nitrogens with zero attached hydrogens (tertiary/aromatic N) is 2. The van der Waals surface area contributed by atoms with E-state index in [0.29, 0.717) is 0 Å². The van der Waals surface area contributed by atoms with Crippen LogP contribution in [0.15, 0.2) is 46.6 Å². The Morgan fingerprint density at radius 3 is 1.35 bits per heavy atom. The van der Waals surface area contributed by atoms with E-state index in [1.807, 2.05) is 64.1 Å². The molecule has 0 amide bonds. The molecule has 0 heterocycles. The Labute approximate surface area is 120 Å². The maximum absolute atomic E-state index is 5.75. The molecule has 0 fully saturated rings. The highest BCUT2D eigenvalue weighted by Crippen LogP contribution is 2.24. The zero-order valence-corrected chi connectivity index (χ0v) is 12.5. The van der Waals surface area contributed by atoms with Crippen molar-refractivity contribution in [3.8, 4) is 0 Å². The molecule has 4 N–H and O–H groups in total. The van der Waals surface area contributed by atoms with Crippen LogP contribution in [-0.2, 0) is 0 Å². The minimum absolute atomic E-state index is 0.761. The summed E-state index contributed by atoms with van der Waals surface area (Å²) in [5, 5.41) is 8.36. The van der Waals surface area contributed by atoms with Crippen LogP contribution in [0, 0.1) is 13.8 Å². The van der Waals surface area contributed by atoms with E-state index in [0.717, 1.165) is 33.9 Å². The van der Waals surface area contributed by atoms with Crippen LogP contribution in [-0.4, -0.2) is 0 Å². The van der Waals surface area contributed by atoms with Crippen molar-refractivity contribution in [2.24, 2.45) is 10.2 Å². The van der Waals surface area contributed by atoms with Crippen molar-refractivity contribution in [1.29, 1.82) is 0 Å². The summed E-state index contributed by atoms with van der Waals surface area (Å²) in [5.74, 6) is 0. The van der Waals surface area contributed by atoms with Crippen LogP contribution >= 0.6 is 0 Å². The first-order valence-electron chi connectivity index (χ1n) is 6.70. The van der Waals surface area contributed by atoms with Crippen LogP contribution < -0.4 is 11.5 Å². The number of nitrogens with two attached hydrogens (primary N) is 2. The standard InChI is InChI=1S/C14H16N4.C2H6/c1-9-7-11(3-5-13(9)15)17-18-12-4-6-14(16)10(2)8-12;1-2/h3-8H,15-16H2,1-2H3;1-2H3. The third kappa shape index (κ3) is 4.09. The number of anilines is 2. The van der Waals surface area contributed by atoms with Crippen molar-refractivity contribution in [2.45, 2.75) is 27.7 Å². The smallest absolute Gasteiger partial charge is 0.0861 e. The van der Waals surface area contributed by atoms with Gasteiger partial charge in [0.15, 0.2) is 0 Å². The molecule has 2 rings (SSSR count). The second-order valence-electron chi connectivity index (χ2n) is 4.28. The summed E-state index contributed by atoms with van der Waals surface area (Å²) in [4.78, 5) is 0. The van der Waals surface area contributed by atoms with Crippen molar-refractivity contribution in [3.63, 3.8) is 0 Å². The van der Waals surface area contributed by atoms with E-state index < -0.39 is 0 Å². The molecule has 106 valence electrons. The minimum Gasteiger partial charge on any atom is -0.399 e. The molecule has 0 bridgehead atoms. The third-order valence-corrected chi connectivity index (χ3v) is 2.79. The van der Waals surface area contributed by atoms with Crippen LogP contribution in [0.2, 0.25) is 0 Å². The number of azo groups is 1. The zero-order chi connectivity index (χ0) is 15.1. The molecule has 0 aliphatic carbocycles. The topological polar surface area (TPSA) is 76.8 Å². The van der Waals surface area contributed by atoms with Crippen LogP contribution in [0.25, 0.3) is 0 Å². The summed E-state index contributed by atoms with van der Waals surface area (Å²) in [6.45, 7) is 7.89. The van der Waals surface area contributed by atoms with Crippen molar-refractivity contribution in [3.05, 3.63) is 47.5 Å². The maximum atomic E-state index is 5.75. The summed E-state index contributed by atoms with van der Waals surface area (Å²) >= 11 is 0. The summed E-state index contributed by atoms with van der Waals surface area (Å²) in [6.07, 6.45) is 0. The van der Waals surface area contributed by atoms with Gasteiger partial charge >= 0.3 is 0 Å². The van der Waals surface area contributed by atoms with Gasteiger partial charge in [0, 0.05) is 11.4 Å². The third-order valence-electron chi connectivity index (χ3n) is 2.79. The first kappa shape index (κ1) is 15.7. The number of hydrogen-bond acceptors (Lipinski definition) is 4. The summed E-state index contributed by atoms with van der Waals surface area (Å²) in [6, 6.07) is 11.2. The molecular formula is C16H22N4. The molecule has 0 atom stereocenters. The highest BCUT2D eigenvalue weighted by atomic mass is 15.1. The van der Waals surface area contributed by atoms with E-state index in [1.54, 1.807) is 0 Å². The average Bonchev–Trinajstić information content (AvgIpc) is 2.46. The largest absolute Gasteiger partial charge is 0.399 e. The Morgan fingerprint density at radius 1 is 0.700 bits per heavy atom. The van der Waals surface area contributed by atoms with Gasteiger partial charge in [-0.05, 0) is 61.4 Å². The lowest BCUT2D eigenvalue weighted by Crippen LogP contribution is -1.87. The van der Waals surface area contributed by atoms with Crippen molar-refractivity contribution in [2.75, 3.05) is 11.5 Å². The van der Waals surface area contributed by atoms with Gasteiger partial charge in [-0.1, -0.05) is 13.8 Å². The van der Waals surface area contributed by atoms with Gasteiger partial charge in [0.25, 0.3) is 0 Å². The number of benzene rings is 2. The lowest BCUT2D eigenvalue weighted by Gasteiger charge is -2.01. The second-order valence-corrected chi connectivity index (χ2v) is 4.28. The fourth-order valence-corrected chi connectivity index (χ4v) is 1.56. The number of nitrogen functional groups attached to an aromatic ring is 2. The fourth-order valence-electron chi connectivity index (χ4n) is 1.56. The molecule has 2 aromatic carbocycles. The SMILES string of the molecule is CC.Cc1cc(N=Nc2ccc(N)c(C)c2)ccc1N. The van der Waals surface area contributed by atoms with Crippen molar-refractivity contribution in [1.82, 2.24) is 0 Å². The molecule has 0 saturated heterocycles. The molecule has 0 aliphatic heterocycles. The molecule has 0 radical (unpaired) electrons. The van der Waals surface area contributed by atoms with Crippen LogP contribution in [0.5, 0.6) is 0 Å². The first-order chi connectivity index (χ1) is 9.56. The lowest BCUT2D eigenvalue weighted by atomic mass is 10.2. The first-order valence-corrected chi connectivity index (χ1v) is 6.70. The van der Waals surface area contributed by atoms with Crippen LogP contribution in [0.3, 0.4) is 0 Å². The molecular weight excluding hydrogens is 248 g/mol. The molecule has 4 heteroatoms. The Kier molecular flexibility index (Phi) is 5.72. The van der Waals surface area contributed by atoms with E-state index in [-0.39, 0.29) is 0 Å². The quantitative estimate of drug-likeness (QED) is 0.600. The zero-order valence-electron chi connectivity index (χ0n) is 12.5. The molecule has 0 saturated carbocycles. The predicted octanol–water partition coefficient (Wildman–Crippen LogP) is 4.91. The second kappa shape index (κ2) is 7.28. The summed E-state index contributed by atoms with van der Waals surface area (Å²) in [7, 11) is 0. The van der Waals surface area contributed by atoms with E-state index in [1.165, 1.54) is 0 Å². The van der Waals surface area contributed by atoms with E-state index in [4.69, 9.17) is 11.5 Å². The molecule has 0 spiro atoms. The van der Waals surface area contributed by atoms with E-state index in [2.05, 4.69) is 10.2 Å². The number of rotatable bonds is 2. The molecule has 2 aromatic rings. The van der Waals surface area contributed by atoms with Gasteiger partial charge in [0.2, 0.25) is 0 Å². The molecule has 0 aromatic heterocycles. The molecule has 0 aliphatic rings. The maximum Gasteiger partial charge on any atom is 0.0861 e. The van der Waals surface area contributed by atoms with E-state index in [9.17, 15) is 0 Å². The molecule has 4 nitrogen and oxygen atoms in total. The number of hydrogen-bond donors (Lipinski definition) is 2. The van der Waals surface area contributed by atoms with Gasteiger partial charge in [-0.15, -0.1) is 0 Å². The number of aryl methyl sites for hydroxylation is 2. The lowest BCUT2D eigenvalue weighted by molar-refractivity contribution is 1.22. The average molecular weight is 270 g/mol. The van der Waals surface area contributed by atoms with Gasteiger partial charge in [0.1, 0.15) is 0 Å². The monoisotopic (exact) mass is 270 g/mol. The summed E-state index contributed by atoms with van der Waals surface area (Å²) in [5.41, 5.74) is 16.6. The fraction of sp³-hybridized carbons (Fsp3) is 0.250. The van der Waals surface area contributed by atoms with Gasteiger partial charge in [-0.3, -0.25) is 0 Å². The Hall–Kier alpha value is -2.36. The normalized spacial score (nSPS) is 10.2. The van der Waals surface area contributed by atoms with Crippen LogP contribution in [0.1, 0.15) is 25.0 Å². The Balaban J connectivity index is 0.000000956. The van der Waals surface area contributed by atoms with Crippen LogP contribution in [0.4, 0.5) is 22.7 Å².